The van der Waals surface area contributed by atoms with Gasteiger partial charge >= 0.3 is 5.97 Å². The molecule has 0 saturated carbocycles. The molecule has 0 aromatic carbocycles. The van der Waals surface area contributed by atoms with Crippen molar-refractivity contribution in [1.82, 2.24) is 4.90 Å². The van der Waals surface area contributed by atoms with E-state index in [0.29, 0.717) is 0 Å². The van der Waals surface area contributed by atoms with Gasteiger partial charge in [0.2, 0.25) is 0 Å². The lowest BCUT2D eigenvalue weighted by molar-refractivity contribution is -0.136. The van der Waals surface area contributed by atoms with Gasteiger partial charge in [-0.3, -0.25) is 0 Å². The van der Waals surface area contributed by atoms with E-state index in [1.54, 1.807) is 7.11 Å². The maximum atomic E-state index is 11.9. The first-order chi connectivity index (χ1) is 9.70. The van der Waals surface area contributed by atoms with Crippen molar-refractivity contribution in [2.24, 2.45) is 0 Å². The third-order valence-electron chi connectivity index (χ3n) is 4.70. The number of hydrogen-bond donors (Lipinski definition) is 0. The molecule has 20 heavy (non-hydrogen) atoms. The highest BCUT2D eigenvalue weighted by Crippen LogP contribution is 2.45. The summed E-state index contributed by atoms with van der Waals surface area (Å²) in [7, 11) is 3.17. The molecule has 3 aliphatic rings. The standard InChI is InChI=1S/C16H21NO3/c1-19-12-5-8-16(9-6-12)10-7-13(15(18)20-2)14-4-3-11-17(14)16/h5-6,8H,3-4,7,9-11H2,1-2H3. The van der Waals surface area contributed by atoms with Crippen LogP contribution in [0.2, 0.25) is 0 Å². The number of esters is 1. The average Bonchev–Trinajstić information content (AvgIpc) is 2.98. The van der Waals surface area contributed by atoms with Gasteiger partial charge in [0, 0.05) is 12.2 Å². The number of carbonyl (C=O) groups excluding carboxylic acids is 1. The summed E-state index contributed by atoms with van der Waals surface area (Å²) in [5.74, 6) is 0.772. The monoisotopic (exact) mass is 275 g/mol. The molecule has 1 fully saturated rings. The normalized spacial score (nSPS) is 28.5. The third kappa shape index (κ3) is 1.94. The fourth-order valence-corrected chi connectivity index (χ4v) is 3.63. The maximum absolute atomic E-state index is 11.9. The van der Waals surface area contributed by atoms with Crippen molar-refractivity contribution in [2.45, 2.75) is 37.6 Å². The molecule has 4 nitrogen and oxygen atoms in total. The number of ether oxygens (including phenoxy) is 2. The molecular formula is C16H21NO3. The van der Waals surface area contributed by atoms with Crippen LogP contribution < -0.4 is 0 Å². The van der Waals surface area contributed by atoms with Gasteiger partial charge < -0.3 is 14.4 Å². The summed E-state index contributed by atoms with van der Waals surface area (Å²) in [4.78, 5) is 14.3. The lowest BCUT2D eigenvalue weighted by Crippen LogP contribution is -2.48. The molecule has 1 saturated heterocycles. The Hall–Kier alpha value is -1.71. The minimum absolute atomic E-state index is 0.0331. The van der Waals surface area contributed by atoms with Crippen LogP contribution in [0.5, 0.6) is 0 Å². The number of nitrogens with zero attached hydrogens (tertiary/aromatic N) is 1. The van der Waals surface area contributed by atoms with Gasteiger partial charge in [-0.2, -0.15) is 0 Å². The zero-order chi connectivity index (χ0) is 14.2. The minimum Gasteiger partial charge on any atom is -0.497 e. The number of methoxy groups -OCH3 is 2. The smallest absolute Gasteiger partial charge is 0.335 e. The molecule has 0 aromatic heterocycles. The summed E-state index contributed by atoms with van der Waals surface area (Å²) >= 11 is 0. The Kier molecular flexibility index (Phi) is 3.32. The van der Waals surface area contributed by atoms with Gasteiger partial charge in [0.25, 0.3) is 0 Å². The largest absolute Gasteiger partial charge is 0.497 e. The second kappa shape index (κ2) is 5.00. The Morgan fingerprint density at radius 1 is 1.35 bits per heavy atom. The number of fused-ring (bicyclic) bond motifs is 2. The fraction of sp³-hybridized carbons (Fsp3) is 0.562. The third-order valence-corrected chi connectivity index (χ3v) is 4.70. The Morgan fingerprint density at radius 3 is 2.85 bits per heavy atom. The highest BCUT2D eigenvalue weighted by atomic mass is 16.5. The molecule has 1 atom stereocenters. The number of allylic oxidation sites excluding steroid dienone is 2. The van der Waals surface area contributed by atoms with E-state index in [1.807, 2.05) is 0 Å². The van der Waals surface area contributed by atoms with Crippen LogP contribution in [-0.4, -0.2) is 37.2 Å². The first kappa shape index (κ1) is 13.3. The molecule has 0 N–H and O–H groups in total. The number of rotatable bonds is 2. The summed E-state index contributed by atoms with van der Waals surface area (Å²) in [5.41, 5.74) is 2.11. The van der Waals surface area contributed by atoms with Gasteiger partial charge in [-0.25, -0.2) is 4.79 Å². The van der Waals surface area contributed by atoms with Crippen LogP contribution in [0.25, 0.3) is 0 Å². The van der Waals surface area contributed by atoms with Gasteiger partial charge in [-0.15, -0.1) is 0 Å². The Bertz CT molecular complexity index is 518. The molecular weight excluding hydrogens is 254 g/mol. The molecule has 2 heterocycles. The lowest BCUT2D eigenvalue weighted by Gasteiger charge is -2.46. The SMILES string of the molecule is COC(=O)C1=C2CCCN2C2(C=CC(OC)=CC2)CC1. The molecule has 1 aliphatic carbocycles. The highest BCUT2D eigenvalue weighted by Gasteiger charge is 2.43. The molecule has 0 amide bonds. The topological polar surface area (TPSA) is 38.8 Å². The quantitative estimate of drug-likeness (QED) is 0.726. The summed E-state index contributed by atoms with van der Waals surface area (Å²) in [6.45, 7) is 1.02. The average molecular weight is 275 g/mol. The summed E-state index contributed by atoms with van der Waals surface area (Å²) in [6.07, 6.45) is 11.3. The lowest BCUT2D eigenvalue weighted by atomic mass is 9.79. The molecule has 3 rings (SSSR count). The zero-order valence-electron chi connectivity index (χ0n) is 12.1. The van der Waals surface area contributed by atoms with Crippen molar-refractivity contribution < 1.29 is 14.3 Å². The summed E-state index contributed by atoms with van der Waals surface area (Å²) in [5, 5.41) is 0. The van der Waals surface area contributed by atoms with Crippen molar-refractivity contribution in [1.29, 1.82) is 0 Å². The van der Waals surface area contributed by atoms with E-state index in [0.717, 1.165) is 50.0 Å². The van der Waals surface area contributed by atoms with Crippen LogP contribution in [0.4, 0.5) is 0 Å². The molecule has 1 spiro atoms. The second-order valence-electron chi connectivity index (χ2n) is 5.62. The van der Waals surface area contributed by atoms with Crippen LogP contribution in [0.3, 0.4) is 0 Å². The van der Waals surface area contributed by atoms with Gasteiger partial charge in [-0.05, 0) is 44.3 Å². The van der Waals surface area contributed by atoms with Crippen molar-refractivity contribution in [3.8, 4) is 0 Å². The van der Waals surface area contributed by atoms with Crippen molar-refractivity contribution in [3.63, 3.8) is 0 Å². The predicted molar refractivity (Wildman–Crippen MR) is 75.8 cm³/mol. The minimum atomic E-state index is -0.158. The van der Waals surface area contributed by atoms with Crippen molar-refractivity contribution in [2.75, 3.05) is 20.8 Å². The predicted octanol–water partition coefficient (Wildman–Crippen LogP) is 2.53. The van der Waals surface area contributed by atoms with Crippen molar-refractivity contribution in [3.05, 3.63) is 35.3 Å². The molecule has 0 radical (unpaired) electrons. The van der Waals surface area contributed by atoms with Crippen LogP contribution >= 0.6 is 0 Å². The van der Waals surface area contributed by atoms with Crippen LogP contribution in [0, 0.1) is 0 Å². The van der Waals surface area contributed by atoms with E-state index in [9.17, 15) is 4.79 Å². The van der Waals surface area contributed by atoms with E-state index in [1.165, 1.54) is 12.8 Å². The molecule has 1 unspecified atom stereocenters. The first-order valence-corrected chi connectivity index (χ1v) is 7.21. The first-order valence-electron chi connectivity index (χ1n) is 7.21. The molecule has 2 aliphatic heterocycles. The molecule has 108 valence electrons. The fourth-order valence-electron chi connectivity index (χ4n) is 3.63. The van der Waals surface area contributed by atoms with E-state index in [2.05, 4.69) is 23.1 Å². The van der Waals surface area contributed by atoms with E-state index in [-0.39, 0.29) is 11.5 Å². The molecule has 0 bridgehead atoms. The number of carbonyl (C=O) groups is 1. The second-order valence-corrected chi connectivity index (χ2v) is 5.62. The zero-order valence-corrected chi connectivity index (χ0v) is 12.1. The summed E-state index contributed by atoms with van der Waals surface area (Å²) < 4.78 is 10.2. The van der Waals surface area contributed by atoms with Gasteiger partial charge in [0.15, 0.2) is 0 Å². The van der Waals surface area contributed by atoms with E-state index < -0.39 is 0 Å². The van der Waals surface area contributed by atoms with Crippen molar-refractivity contribution >= 4 is 5.97 Å². The Morgan fingerprint density at radius 2 is 2.20 bits per heavy atom. The molecule has 0 aromatic rings. The van der Waals surface area contributed by atoms with Gasteiger partial charge in [0.05, 0.1) is 25.3 Å². The van der Waals surface area contributed by atoms with Gasteiger partial charge in [-0.1, -0.05) is 6.08 Å². The molecule has 4 heteroatoms. The van der Waals surface area contributed by atoms with Crippen LogP contribution in [0.15, 0.2) is 35.3 Å². The van der Waals surface area contributed by atoms with Crippen LogP contribution in [-0.2, 0) is 14.3 Å². The summed E-state index contributed by atoms with van der Waals surface area (Å²) in [6, 6.07) is 0. The van der Waals surface area contributed by atoms with Crippen LogP contribution in [0.1, 0.15) is 32.1 Å². The van der Waals surface area contributed by atoms with Gasteiger partial charge in [0.1, 0.15) is 5.76 Å². The Balaban J connectivity index is 1.92. The van der Waals surface area contributed by atoms with E-state index >= 15 is 0 Å². The maximum Gasteiger partial charge on any atom is 0.335 e. The van der Waals surface area contributed by atoms with E-state index in [4.69, 9.17) is 9.47 Å². The highest BCUT2D eigenvalue weighted by molar-refractivity contribution is 5.89. The Labute approximate surface area is 119 Å². The number of hydrogen-bond acceptors (Lipinski definition) is 4.